The summed E-state index contributed by atoms with van der Waals surface area (Å²) in [7, 11) is 0. The smallest absolute Gasteiger partial charge is 0.270 e. The second-order valence-electron chi connectivity index (χ2n) is 4.45. The first-order valence-electron chi connectivity index (χ1n) is 6.04. The molecule has 0 amide bonds. The van der Waals surface area contributed by atoms with Gasteiger partial charge in [0.1, 0.15) is 0 Å². The molecule has 1 atom stereocenters. The average molecular weight is 390 g/mol. The van der Waals surface area contributed by atoms with Gasteiger partial charge in [0, 0.05) is 32.3 Å². The highest BCUT2D eigenvalue weighted by atomic mass is 79.9. The van der Waals surface area contributed by atoms with Crippen molar-refractivity contribution in [3.05, 3.63) is 66.6 Å². The summed E-state index contributed by atoms with van der Waals surface area (Å²) in [4.78, 5) is 10.3. The van der Waals surface area contributed by atoms with Gasteiger partial charge < -0.3 is 5.32 Å². The van der Waals surface area contributed by atoms with Gasteiger partial charge in [-0.15, -0.1) is 0 Å². The highest BCUT2D eigenvalue weighted by molar-refractivity contribution is 9.10. The maximum absolute atomic E-state index is 10.7. The number of halogens is 3. The van der Waals surface area contributed by atoms with E-state index in [1.54, 1.807) is 24.3 Å². The molecule has 4 nitrogen and oxygen atoms in total. The van der Waals surface area contributed by atoms with Crippen molar-refractivity contribution < 1.29 is 4.92 Å². The van der Waals surface area contributed by atoms with E-state index in [-0.39, 0.29) is 11.7 Å². The van der Waals surface area contributed by atoms with Gasteiger partial charge in [0.25, 0.3) is 5.69 Å². The molecule has 0 aliphatic heterocycles. The van der Waals surface area contributed by atoms with Gasteiger partial charge in [0.05, 0.1) is 11.0 Å². The summed E-state index contributed by atoms with van der Waals surface area (Å²) in [5, 5.41) is 15.2. The molecule has 0 bridgehead atoms. The number of nitro benzene ring substituents is 1. The summed E-state index contributed by atoms with van der Waals surface area (Å²) in [6, 6.07) is 9.70. The van der Waals surface area contributed by atoms with Crippen LogP contribution in [0.15, 0.2) is 40.9 Å². The molecule has 1 N–H and O–H groups in total. The van der Waals surface area contributed by atoms with E-state index in [1.807, 2.05) is 6.92 Å². The Labute approximate surface area is 140 Å². The third-order valence-corrected chi connectivity index (χ3v) is 4.20. The zero-order chi connectivity index (χ0) is 15.6. The number of anilines is 1. The fourth-order valence-electron chi connectivity index (χ4n) is 1.89. The number of nitrogens with one attached hydrogen (secondary N) is 1. The summed E-state index contributed by atoms with van der Waals surface area (Å²) in [6.45, 7) is 1.94. The zero-order valence-corrected chi connectivity index (χ0v) is 14.0. The summed E-state index contributed by atoms with van der Waals surface area (Å²) >= 11 is 15.5. The van der Waals surface area contributed by atoms with Crippen LogP contribution >= 0.6 is 39.1 Å². The number of hydrogen-bond acceptors (Lipinski definition) is 3. The van der Waals surface area contributed by atoms with Crippen molar-refractivity contribution >= 4 is 50.5 Å². The van der Waals surface area contributed by atoms with Gasteiger partial charge in [-0.1, -0.05) is 23.2 Å². The van der Waals surface area contributed by atoms with Gasteiger partial charge in [-0.3, -0.25) is 10.1 Å². The molecule has 0 heterocycles. The molecule has 2 rings (SSSR count). The molecule has 0 aromatic heterocycles. The minimum Gasteiger partial charge on any atom is -0.378 e. The largest absolute Gasteiger partial charge is 0.378 e. The lowest BCUT2D eigenvalue weighted by Crippen LogP contribution is -2.08. The molecule has 2 aromatic carbocycles. The van der Waals surface area contributed by atoms with Crippen LogP contribution in [0.25, 0.3) is 0 Å². The molecule has 0 saturated heterocycles. The molecule has 0 aliphatic carbocycles. The van der Waals surface area contributed by atoms with E-state index in [1.165, 1.54) is 12.1 Å². The second-order valence-corrected chi connectivity index (χ2v) is 6.15. The van der Waals surface area contributed by atoms with Crippen LogP contribution in [0.5, 0.6) is 0 Å². The monoisotopic (exact) mass is 388 g/mol. The number of hydrogen-bond donors (Lipinski definition) is 1. The minimum absolute atomic E-state index is 0.0286. The van der Waals surface area contributed by atoms with Gasteiger partial charge in [0.2, 0.25) is 0 Å². The first-order valence-corrected chi connectivity index (χ1v) is 7.59. The fraction of sp³-hybridized carbons (Fsp3) is 0.143. The maximum Gasteiger partial charge on any atom is 0.270 e. The number of non-ortho nitro benzene ring substituents is 1. The molecule has 0 saturated carbocycles. The minimum atomic E-state index is -0.439. The Bertz CT molecular complexity index is 695. The van der Waals surface area contributed by atoms with Crippen LogP contribution in [0.4, 0.5) is 11.4 Å². The Kier molecular flexibility index (Phi) is 5.08. The zero-order valence-electron chi connectivity index (χ0n) is 10.9. The Morgan fingerprint density at radius 1 is 1.24 bits per heavy atom. The predicted octanol–water partition coefficient (Wildman–Crippen LogP) is 5.84. The number of benzene rings is 2. The van der Waals surface area contributed by atoms with Crippen molar-refractivity contribution in [1.82, 2.24) is 0 Å². The van der Waals surface area contributed by atoms with E-state index in [0.717, 1.165) is 11.3 Å². The fourth-order valence-corrected chi connectivity index (χ4v) is 2.84. The van der Waals surface area contributed by atoms with Gasteiger partial charge in [-0.2, -0.15) is 0 Å². The van der Waals surface area contributed by atoms with Crippen LogP contribution in [-0.4, -0.2) is 4.92 Å². The number of nitrogens with zero attached hydrogens (tertiary/aromatic N) is 1. The van der Waals surface area contributed by atoms with E-state index in [0.29, 0.717) is 14.5 Å². The topological polar surface area (TPSA) is 55.2 Å². The summed E-state index contributed by atoms with van der Waals surface area (Å²) in [5.41, 5.74) is 1.62. The quantitative estimate of drug-likeness (QED) is 0.528. The van der Waals surface area contributed by atoms with Gasteiger partial charge in [-0.05, 0) is 52.7 Å². The maximum atomic E-state index is 10.7. The predicted molar refractivity (Wildman–Crippen MR) is 89.3 cm³/mol. The lowest BCUT2D eigenvalue weighted by atomic mass is 10.1. The van der Waals surface area contributed by atoms with Crippen molar-refractivity contribution in [3.63, 3.8) is 0 Å². The van der Waals surface area contributed by atoms with Gasteiger partial charge >= 0.3 is 0 Å². The standard InChI is InChI=1S/C14H11BrCl2N2O2/c1-8(11-6-9(16)2-4-13(11)17)18-14-5-3-10(19(20)21)7-12(14)15/h2-8,18H,1H3. The summed E-state index contributed by atoms with van der Waals surface area (Å²) in [6.07, 6.45) is 0. The van der Waals surface area contributed by atoms with Gasteiger partial charge in [-0.25, -0.2) is 0 Å². The first-order chi connectivity index (χ1) is 9.88. The summed E-state index contributed by atoms with van der Waals surface area (Å²) in [5.74, 6) is 0. The molecule has 1 unspecified atom stereocenters. The van der Waals surface area contributed by atoms with Crippen LogP contribution in [0.3, 0.4) is 0 Å². The average Bonchev–Trinajstić information content (AvgIpc) is 2.43. The van der Waals surface area contributed by atoms with Crippen molar-refractivity contribution in [3.8, 4) is 0 Å². The van der Waals surface area contributed by atoms with Crippen LogP contribution in [0, 0.1) is 10.1 Å². The second kappa shape index (κ2) is 6.64. The molecule has 0 spiro atoms. The Morgan fingerprint density at radius 2 is 1.95 bits per heavy atom. The van der Waals surface area contributed by atoms with Crippen molar-refractivity contribution in [2.24, 2.45) is 0 Å². The normalized spacial score (nSPS) is 12.0. The Hall–Kier alpha value is -1.30. The van der Waals surface area contributed by atoms with Crippen LogP contribution in [0.2, 0.25) is 10.0 Å². The first kappa shape index (κ1) is 16.1. The van der Waals surface area contributed by atoms with E-state index in [2.05, 4.69) is 21.2 Å². The lowest BCUT2D eigenvalue weighted by Gasteiger charge is -2.18. The SMILES string of the molecule is CC(Nc1ccc([N+](=O)[O-])cc1Br)c1cc(Cl)ccc1Cl. The molecular formula is C14H11BrCl2N2O2. The molecule has 0 radical (unpaired) electrons. The van der Waals surface area contributed by atoms with Crippen LogP contribution < -0.4 is 5.32 Å². The van der Waals surface area contributed by atoms with E-state index in [9.17, 15) is 10.1 Å². The summed E-state index contributed by atoms with van der Waals surface area (Å²) < 4.78 is 0.613. The van der Waals surface area contributed by atoms with E-state index < -0.39 is 4.92 Å². The molecular weight excluding hydrogens is 379 g/mol. The van der Waals surface area contributed by atoms with Gasteiger partial charge in [0.15, 0.2) is 0 Å². The van der Waals surface area contributed by atoms with E-state index >= 15 is 0 Å². The third-order valence-electron chi connectivity index (χ3n) is 2.96. The van der Waals surface area contributed by atoms with Crippen molar-refractivity contribution in [1.29, 1.82) is 0 Å². The van der Waals surface area contributed by atoms with Crippen molar-refractivity contribution in [2.45, 2.75) is 13.0 Å². The lowest BCUT2D eigenvalue weighted by molar-refractivity contribution is -0.384. The Balaban J connectivity index is 2.25. The highest BCUT2D eigenvalue weighted by Gasteiger charge is 2.14. The Morgan fingerprint density at radius 3 is 2.57 bits per heavy atom. The molecule has 21 heavy (non-hydrogen) atoms. The van der Waals surface area contributed by atoms with Crippen LogP contribution in [-0.2, 0) is 0 Å². The number of rotatable bonds is 4. The number of nitro groups is 1. The van der Waals surface area contributed by atoms with E-state index in [4.69, 9.17) is 23.2 Å². The molecule has 110 valence electrons. The molecule has 0 aliphatic rings. The molecule has 0 fully saturated rings. The highest BCUT2D eigenvalue weighted by Crippen LogP contribution is 2.32. The third kappa shape index (κ3) is 3.87. The molecule has 7 heteroatoms. The van der Waals surface area contributed by atoms with Crippen LogP contribution in [0.1, 0.15) is 18.5 Å². The van der Waals surface area contributed by atoms with Crippen molar-refractivity contribution in [2.75, 3.05) is 5.32 Å². The molecule has 2 aromatic rings.